The van der Waals surface area contributed by atoms with Gasteiger partial charge in [-0.1, -0.05) is 81.1 Å². The average Bonchev–Trinajstić information content (AvgIpc) is 3.18. The van der Waals surface area contributed by atoms with Gasteiger partial charge in [0.2, 0.25) is 5.91 Å². The minimum atomic E-state index is -0.281. The van der Waals surface area contributed by atoms with Gasteiger partial charge in [0, 0.05) is 18.1 Å². The van der Waals surface area contributed by atoms with Crippen LogP contribution in [0, 0.1) is 0 Å². The first-order chi connectivity index (χ1) is 16.2. The van der Waals surface area contributed by atoms with E-state index in [1.54, 1.807) is 0 Å². The topological polar surface area (TPSA) is 69.0 Å². The number of fused-ring (bicyclic) bond motifs is 1. The molecule has 176 valence electrons. The lowest BCUT2D eigenvalue weighted by Gasteiger charge is -2.20. The zero-order valence-electron chi connectivity index (χ0n) is 20.2. The number of nitrogens with zero attached hydrogens (tertiary/aromatic N) is 3. The first-order valence-corrected chi connectivity index (χ1v) is 12.3. The van der Waals surface area contributed by atoms with Crippen LogP contribution in [0.3, 0.4) is 0 Å². The fraction of sp³-hybridized carbons (Fsp3) is 0.296. The highest BCUT2D eigenvalue weighted by Crippen LogP contribution is 2.28. The van der Waals surface area contributed by atoms with E-state index in [4.69, 9.17) is 4.74 Å². The predicted molar refractivity (Wildman–Crippen MR) is 138 cm³/mol. The highest BCUT2D eigenvalue weighted by atomic mass is 32.2. The molecule has 34 heavy (non-hydrogen) atoms. The maximum absolute atomic E-state index is 12.6. The number of rotatable bonds is 7. The molecular weight excluding hydrogens is 444 g/mol. The molecule has 0 aliphatic rings. The van der Waals surface area contributed by atoms with E-state index in [2.05, 4.69) is 48.4 Å². The molecule has 1 atom stereocenters. The quantitative estimate of drug-likeness (QED) is 0.326. The number of thioether (sulfide) groups is 1. The van der Waals surface area contributed by atoms with Crippen LogP contribution in [-0.4, -0.2) is 26.4 Å². The monoisotopic (exact) mass is 474 g/mol. The van der Waals surface area contributed by atoms with Gasteiger partial charge in [0.05, 0.1) is 5.75 Å². The third-order valence-electron chi connectivity index (χ3n) is 5.66. The fourth-order valence-electron chi connectivity index (χ4n) is 3.75. The van der Waals surface area contributed by atoms with Gasteiger partial charge in [0.1, 0.15) is 5.75 Å². The van der Waals surface area contributed by atoms with Gasteiger partial charge < -0.3 is 14.6 Å². The minimum Gasteiger partial charge on any atom is -0.483 e. The molecule has 0 radical (unpaired) electrons. The van der Waals surface area contributed by atoms with Crippen molar-refractivity contribution in [3.05, 3.63) is 78.1 Å². The molecule has 0 spiro atoms. The van der Waals surface area contributed by atoms with Crippen molar-refractivity contribution in [2.75, 3.05) is 11.1 Å². The maximum Gasteiger partial charge on any atom is 0.234 e. The summed E-state index contributed by atoms with van der Waals surface area (Å²) in [4.78, 5) is 12.6. The van der Waals surface area contributed by atoms with Crippen LogP contribution in [0.5, 0.6) is 5.75 Å². The second-order valence-corrected chi connectivity index (χ2v) is 10.2. The van der Waals surface area contributed by atoms with E-state index in [0.29, 0.717) is 11.0 Å². The summed E-state index contributed by atoms with van der Waals surface area (Å²) >= 11 is 1.35. The Morgan fingerprint density at radius 2 is 1.74 bits per heavy atom. The van der Waals surface area contributed by atoms with Gasteiger partial charge in [0.15, 0.2) is 17.1 Å². The first kappa shape index (κ1) is 23.8. The van der Waals surface area contributed by atoms with E-state index in [1.165, 1.54) is 17.3 Å². The van der Waals surface area contributed by atoms with E-state index in [1.807, 2.05) is 73.1 Å². The third-order valence-corrected chi connectivity index (χ3v) is 6.68. The molecule has 0 aliphatic carbocycles. The Kier molecular flexibility index (Phi) is 6.93. The fourth-order valence-corrected chi connectivity index (χ4v) is 4.47. The molecule has 3 aromatic carbocycles. The van der Waals surface area contributed by atoms with Crippen molar-refractivity contribution in [3.63, 3.8) is 0 Å². The molecule has 4 aromatic rings. The first-order valence-electron chi connectivity index (χ1n) is 11.3. The number of amides is 1. The number of hydrogen-bond acceptors (Lipinski definition) is 5. The minimum absolute atomic E-state index is 0.0888. The van der Waals surface area contributed by atoms with E-state index >= 15 is 0 Å². The number of hydrogen-bond donors (Lipinski definition) is 1. The van der Waals surface area contributed by atoms with Crippen molar-refractivity contribution < 1.29 is 9.53 Å². The number of benzene rings is 3. The summed E-state index contributed by atoms with van der Waals surface area (Å²) < 4.78 is 7.97. The summed E-state index contributed by atoms with van der Waals surface area (Å²) in [6, 6.07) is 22.0. The van der Waals surface area contributed by atoms with Gasteiger partial charge in [-0.3, -0.25) is 4.79 Å². The van der Waals surface area contributed by atoms with Gasteiger partial charge in [-0.15, -0.1) is 10.2 Å². The van der Waals surface area contributed by atoms with E-state index in [-0.39, 0.29) is 23.2 Å². The molecule has 4 rings (SSSR count). The third kappa shape index (κ3) is 5.42. The van der Waals surface area contributed by atoms with Gasteiger partial charge >= 0.3 is 0 Å². The summed E-state index contributed by atoms with van der Waals surface area (Å²) in [5.74, 6) is 1.64. The number of carbonyl (C=O) groups excluding carboxylic acids is 1. The van der Waals surface area contributed by atoms with Gasteiger partial charge in [-0.25, -0.2) is 0 Å². The molecule has 1 unspecified atom stereocenters. The Balaban J connectivity index is 1.37. The lowest BCUT2D eigenvalue weighted by atomic mass is 9.87. The van der Waals surface area contributed by atoms with Crippen molar-refractivity contribution >= 4 is 34.1 Å². The van der Waals surface area contributed by atoms with Crippen LogP contribution in [0.2, 0.25) is 0 Å². The Morgan fingerprint density at radius 1 is 1.03 bits per heavy atom. The van der Waals surface area contributed by atoms with Crippen molar-refractivity contribution in [1.82, 2.24) is 14.8 Å². The van der Waals surface area contributed by atoms with Crippen LogP contribution in [0.4, 0.5) is 5.69 Å². The summed E-state index contributed by atoms with van der Waals surface area (Å²) in [5, 5.41) is 14.4. The molecule has 6 nitrogen and oxygen atoms in total. The van der Waals surface area contributed by atoms with Gasteiger partial charge in [-0.05, 0) is 41.5 Å². The maximum atomic E-state index is 12.6. The smallest absolute Gasteiger partial charge is 0.234 e. The Labute approximate surface area is 204 Å². The van der Waals surface area contributed by atoms with Crippen molar-refractivity contribution in [1.29, 1.82) is 0 Å². The average molecular weight is 475 g/mol. The molecule has 1 amide bonds. The largest absolute Gasteiger partial charge is 0.483 e. The molecule has 0 fully saturated rings. The van der Waals surface area contributed by atoms with Crippen LogP contribution in [0.1, 0.15) is 45.2 Å². The summed E-state index contributed by atoms with van der Waals surface area (Å²) in [5.41, 5.74) is 2.16. The van der Waals surface area contributed by atoms with Crippen LogP contribution in [0.15, 0.2) is 71.9 Å². The van der Waals surface area contributed by atoms with E-state index < -0.39 is 0 Å². The standard InChI is InChI=1S/C27H30N4O2S/c1-18(33-21-15-13-20(14-16-21)27(2,3)4)25-29-30-26(31(25)5)34-17-24(32)28-23-12-8-10-19-9-6-7-11-22(19)23/h6-16,18H,17H2,1-5H3,(H,28,32). The Morgan fingerprint density at radius 3 is 2.47 bits per heavy atom. The number of ether oxygens (including phenoxy) is 1. The molecule has 7 heteroatoms. The van der Waals surface area contributed by atoms with Crippen LogP contribution < -0.4 is 10.1 Å². The second kappa shape index (κ2) is 9.89. The number of aromatic nitrogens is 3. The predicted octanol–water partition coefficient (Wildman–Crippen LogP) is 6.14. The van der Waals surface area contributed by atoms with Crippen LogP contribution >= 0.6 is 11.8 Å². The lowest BCUT2D eigenvalue weighted by Crippen LogP contribution is -2.15. The highest BCUT2D eigenvalue weighted by molar-refractivity contribution is 7.99. The molecule has 1 heterocycles. The number of anilines is 1. The zero-order chi connectivity index (χ0) is 24.3. The van der Waals surface area contributed by atoms with Crippen molar-refractivity contribution in [2.24, 2.45) is 7.05 Å². The summed E-state index contributed by atoms with van der Waals surface area (Å²) in [6.07, 6.45) is -0.281. The summed E-state index contributed by atoms with van der Waals surface area (Å²) in [6.45, 7) is 8.51. The van der Waals surface area contributed by atoms with Gasteiger partial charge in [0.25, 0.3) is 0 Å². The molecular formula is C27H30N4O2S. The Hall–Kier alpha value is -3.32. The number of nitrogens with one attached hydrogen (secondary N) is 1. The van der Waals surface area contributed by atoms with Crippen LogP contribution in [0.25, 0.3) is 10.8 Å². The molecule has 0 saturated heterocycles. The zero-order valence-corrected chi connectivity index (χ0v) is 21.0. The van der Waals surface area contributed by atoms with Crippen molar-refractivity contribution in [3.8, 4) is 5.75 Å². The van der Waals surface area contributed by atoms with E-state index in [9.17, 15) is 4.79 Å². The lowest BCUT2D eigenvalue weighted by molar-refractivity contribution is -0.113. The molecule has 1 aromatic heterocycles. The second-order valence-electron chi connectivity index (χ2n) is 9.30. The normalized spacial score (nSPS) is 12.5. The molecule has 0 saturated carbocycles. The van der Waals surface area contributed by atoms with Crippen molar-refractivity contribution in [2.45, 2.75) is 44.4 Å². The summed E-state index contributed by atoms with van der Waals surface area (Å²) in [7, 11) is 1.89. The van der Waals surface area contributed by atoms with Crippen LogP contribution in [-0.2, 0) is 17.3 Å². The SMILES string of the molecule is CC(Oc1ccc(C(C)(C)C)cc1)c1nnc(SCC(=O)Nc2cccc3ccccc23)n1C. The number of carbonyl (C=O) groups is 1. The Bertz CT molecular complexity index is 1290. The molecule has 0 aliphatic heterocycles. The molecule has 1 N–H and O–H groups in total. The molecule has 0 bridgehead atoms. The highest BCUT2D eigenvalue weighted by Gasteiger charge is 2.19. The van der Waals surface area contributed by atoms with Gasteiger partial charge in [-0.2, -0.15) is 0 Å². The van der Waals surface area contributed by atoms with E-state index in [0.717, 1.165) is 22.2 Å².